The number of hydrogen-bond acceptors (Lipinski definition) is 5. The lowest BCUT2D eigenvalue weighted by Crippen LogP contribution is -2.40. The van der Waals surface area contributed by atoms with Crippen molar-refractivity contribution in [1.82, 2.24) is 5.43 Å². The van der Waals surface area contributed by atoms with E-state index in [9.17, 15) is 8.42 Å². The fourth-order valence-corrected chi connectivity index (χ4v) is 2.71. The van der Waals surface area contributed by atoms with Crippen LogP contribution >= 0.6 is 0 Å². The van der Waals surface area contributed by atoms with Crippen molar-refractivity contribution in [2.24, 2.45) is 5.84 Å². The smallest absolute Gasteiger partial charge is 0.149 e. The normalized spacial score (nSPS) is 13.3. The Morgan fingerprint density at radius 2 is 1.94 bits per heavy atom. The molecular weight excluding hydrogens is 252 g/mol. The Bertz CT molecular complexity index is 457. The van der Waals surface area contributed by atoms with Gasteiger partial charge in [-0.2, -0.15) is 0 Å². The molecule has 0 aliphatic heterocycles. The second kappa shape index (κ2) is 6.72. The van der Waals surface area contributed by atoms with Crippen LogP contribution in [-0.2, 0) is 16.3 Å². The van der Waals surface area contributed by atoms with Gasteiger partial charge >= 0.3 is 0 Å². The van der Waals surface area contributed by atoms with E-state index in [2.05, 4.69) is 5.43 Å². The van der Waals surface area contributed by atoms with Gasteiger partial charge in [0, 0.05) is 12.3 Å². The summed E-state index contributed by atoms with van der Waals surface area (Å²) in [5.41, 5.74) is 3.68. The highest BCUT2D eigenvalue weighted by Gasteiger charge is 2.13. The van der Waals surface area contributed by atoms with Gasteiger partial charge in [0.05, 0.1) is 12.9 Å². The number of hydrogen-bond donors (Lipinski definition) is 2. The summed E-state index contributed by atoms with van der Waals surface area (Å²) in [6.07, 6.45) is 2.66. The van der Waals surface area contributed by atoms with Gasteiger partial charge in [0.1, 0.15) is 15.6 Å². The highest BCUT2D eigenvalue weighted by atomic mass is 32.2. The summed E-state index contributed by atoms with van der Waals surface area (Å²) < 4.78 is 27.4. The molecule has 5 nitrogen and oxygen atoms in total. The highest BCUT2D eigenvalue weighted by Crippen LogP contribution is 2.13. The van der Waals surface area contributed by atoms with Crippen LogP contribution in [0.1, 0.15) is 12.0 Å². The van der Waals surface area contributed by atoms with E-state index in [-0.39, 0.29) is 11.8 Å². The lowest BCUT2D eigenvalue weighted by Gasteiger charge is -2.14. The summed E-state index contributed by atoms with van der Waals surface area (Å²) in [6, 6.07) is 7.48. The monoisotopic (exact) mass is 272 g/mol. The van der Waals surface area contributed by atoms with Crippen LogP contribution in [0.15, 0.2) is 24.3 Å². The quantitative estimate of drug-likeness (QED) is 0.558. The Labute approximate surface area is 108 Å². The van der Waals surface area contributed by atoms with Gasteiger partial charge in [-0.05, 0) is 30.5 Å². The van der Waals surface area contributed by atoms with E-state index in [1.807, 2.05) is 24.3 Å². The molecule has 18 heavy (non-hydrogen) atoms. The summed E-state index contributed by atoms with van der Waals surface area (Å²) >= 11 is 0. The molecule has 3 N–H and O–H groups in total. The Kier molecular flexibility index (Phi) is 5.58. The molecule has 0 radical (unpaired) electrons. The van der Waals surface area contributed by atoms with Crippen molar-refractivity contribution in [2.75, 3.05) is 19.1 Å². The SMILES string of the molecule is COc1ccc(CCC(CS(C)(=O)=O)NN)cc1. The molecule has 0 fully saturated rings. The van der Waals surface area contributed by atoms with Gasteiger partial charge in [0.2, 0.25) is 0 Å². The van der Waals surface area contributed by atoms with E-state index >= 15 is 0 Å². The van der Waals surface area contributed by atoms with Gasteiger partial charge < -0.3 is 4.74 Å². The summed E-state index contributed by atoms with van der Waals surface area (Å²) in [5.74, 6) is 6.22. The third kappa shape index (κ3) is 5.48. The van der Waals surface area contributed by atoms with Crippen molar-refractivity contribution in [3.05, 3.63) is 29.8 Å². The first-order valence-electron chi connectivity index (χ1n) is 5.71. The van der Waals surface area contributed by atoms with E-state index in [0.717, 1.165) is 17.7 Å². The number of aryl methyl sites for hydroxylation is 1. The molecular formula is C12H20N2O3S. The van der Waals surface area contributed by atoms with Gasteiger partial charge in [-0.3, -0.25) is 11.3 Å². The maximum Gasteiger partial charge on any atom is 0.149 e. The van der Waals surface area contributed by atoms with Crippen molar-refractivity contribution in [3.8, 4) is 5.75 Å². The third-order valence-electron chi connectivity index (χ3n) is 2.68. The third-order valence-corrected chi connectivity index (χ3v) is 3.69. The summed E-state index contributed by atoms with van der Waals surface area (Å²) in [6.45, 7) is 0. The molecule has 0 spiro atoms. The van der Waals surface area contributed by atoms with Gasteiger partial charge in [0.25, 0.3) is 0 Å². The maximum atomic E-state index is 11.2. The van der Waals surface area contributed by atoms with E-state index in [1.54, 1.807) is 7.11 Å². The van der Waals surface area contributed by atoms with Crippen molar-refractivity contribution in [1.29, 1.82) is 0 Å². The second-order valence-electron chi connectivity index (χ2n) is 4.34. The van der Waals surface area contributed by atoms with Gasteiger partial charge in [-0.15, -0.1) is 0 Å². The summed E-state index contributed by atoms with van der Waals surface area (Å²) in [7, 11) is -1.39. The minimum absolute atomic E-state index is 0.0552. The van der Waals surface area contributed by atoms with E-state index in [0.29, 0.717) is 6.42 Å². The Morgan fingerprint density at radius 3 is 2.39 bits per heavy atom. The standard InChI is InChI=1S/C12H20N2O3S/c1-17-12-7-4-10(5-8-12)3-6-11(14-13)9-18(2,15)16/h4-5,7-8,11,14H,3,6,9,13H2,1-2H3. The molecule has 1 rings (SSSR count). The van der Waals surface area contributed by atoms with Crippen LogP contribution in [0.2, 0.25) is 0 Å². The number of sulfone groups is 1. The Balaban J connectivity index is 2.51. The van der Waals surface area contributed by atoms with Gasteiger partial charge in [-0.1, -0.05) is 12.1 Å². The van der Waals surface area contributed by atoms with Crippen LogP contribution in [0.25, 0.3) is 0 Å². The van der Waals surface area contributed by atoms with Crippen molar-refractivity contribution in [3.63, 3.8) is 0 Å². The molecule has 0 bridgehead atoms. The summed E-state index contributed by atoms with van der Waals surface area (Å²) in [5, 5.41) is 0. The zero-order valence-corrected chi connectivity index (χ0v) is 11.5. The Hall–Kier alpha value is -1.11. The minimum Gasteiger partial charge on any atom is -0.497 e. The van der Waals surface area contributed by atoms with E-state index in [1.165, 1.54) is 6.26 Å². The largest absolute Gasteiger partial charge is 0.497 e. The fourth-order valence-electron chi connectivity index (χ4n) is 1.71. The number of benzene rings is 1. The molecule has 0 saturated carbocycles. The predicted octanol–water partition coefficient (Wildman–Crippen LogP) is 0.504. The molecule has 1 atom stereocenters. The molecule has 1 aromatic carbocycles. The van der Waals surface area contributed by atoms with Crippen molar-refractivity contribution < 1.29 is 13.2 Å². The molecule has 102 valence electrons. The topological polar surface area (TPSA) is 81.4 Å². The van der Waals surface area contributed by atoms with E-state index in [4.69, 9.17) is 10.6 Å². The lowest BCUT2D eigenvalue weighted by atomic mass is 10.1. The number of nitrogens with two attached hydrogens (primary N) is 1. The van der Waals surface area contributed by atoms with Crippen molar-refractivity contribution >= 4 is 9.84 Å². The number of rotatable bonds is 7. The molecule has 0 aliphatic carbocycles. The summed E-state index contributed by atoms with van der Waals surface area (Å²) in [4.78, 5) is 0. The molecule has 0 aromatic heterocycles. The molecule has 0 amide bonds. The number of ether oxygens (including phenoxy) is 1. The van der Waals surface area contributed by atoms with Gasteiger partial charge in [0.15, 0.2) is 0 Å². The van der Waals surface area contributed by atoms with Crippen LogP contribution < -0.4 is 16.0 Å². The molecule has 1 unspecified atom stereocenters. The second-order valence-corrected chi connectivity index (χ2v) is 6.53. The lowest BCUT2D eigenvalue weighted by molar-refractivity contribution is 0.414. The zero-order valence-electron chi connectivity index (χ0n) is 10.7. The average Bonchev–Trinajstić information content (AvgIpc) is 2.33. The minimum atomic E-state index is -3.01. The van der Waals surface area contributed by atoms with Crippen LogP contribution in [0.3, 0.4) is 0 Å². The molecule has 1 aromatic rings. The van der Waals surface area contributed by atoms with Crippen LogP contribution in [-0.4, -0.2) is 33.6 Å². The van der Waals surface area contributed by atoms with Crippen LogP contribution in [0.4, 0.5) is 0 Å². The maximum absolute atomic E-state index is 11.2. The van der Waals surface area contributed by atoms with E-state index < -0.39 is 9.84 Å². The number of hydrazine groups is 1. The van der Waals surface area contributed by atoms with Crippen molar-refractivity contribution in [2.45, 2.75) is 18.9 Å². The average molecular weight is 272 g/mol. The number of methoxy groups -OCH3 is 1. The van der Waals surface area contributed by atoms with Gasteiger partial charge in [-0.25, -0.2) is 8.42 Å². The fraction of sp³-hybridized carbons (Fsp3) is 0.500. The highest BCUT2D eigenvalue weighted by molar-refractivity contribution is 7.90. The molecule has 0 heterocycles. The van der Waals surface area contributed by atoms with Crippen LogP contribution in [0.5, 0.6) is 5.75 Å². The molecule has 0 aliphatic rings. The Morgan fingerprint density at radius 1 is 1.33 bits per heavy atom. The number of nitrogens with one attached hydrogen (secondary N) is 1. The first kappa shape index (κ1) is 14.9. The predicted molar refractivity (Wildman–Crippen MR) is 72.1 cm³/mol. The molecule has 0 saturated heterocycles. The first-order chi connectivity index (χ1) is 8.44. The zero-order chi connectivity index (χ0) is 13.6. The van der Waals surface area contributed by atoms with Crippen LogP contribution in [0, 0.1) is 0 Å². The molecule has 6 heteroatoms. The first-order valence-corrected chi connectivity index (χ1v) is 7.77.